The Hall–Kier alpha value is -1.46. The molecule has 6 nitrogen and oxygen atoms in total. The molecule has 0 amide bonds. The molecule has 0 rings (SSSR count). The van der Waals surface area contributed by atoms with E-state index in [1.165, 1.54) is 20.8 Å². The average molecular weight is 228 g/mol. The van der Waals surface area contributed by atoms with Crippen molar-refractivity contribution in [1.82, 2.24) is 0 Å². The molecule has 0 aromatic heterocycles. The molecule has 92 valence electrons. The van der Waals surface area contributed by atoms with Crippen molar-refractivity contribution < 1.29 is 19.8 Å². The number of carboxylic acid groups (broad SMARTS) is 2. The van der Waals surface area contributed by atoms with Crippen LogP contribution in [0, 0.1) is 5.92 Å². The quantitative estimate of drug-likeness (QED) is 0.570. The lowest BCUT2D eigenvalue weighted by molar-refractivity contribution is -0.316. The number of nitrogens with zero attached hydrogens (tertiary/aromatic N) is 2. The van der Waals surface area contributed by atoms with E-state index in [-0.39, 0.29) is 5.92 Å². The van der Waals surface area contributed by atoms with Gasteiger partial charge in [-0.2, -0.15) is 10.2 Å². The van der Waals surface area contributed by atoms with Crippen LogP contribution in [0.4, 0.5) is 0 Å². The van der Waals surface area contributed by atoms with Crippen LogP contribution < -0.4 is 10.2 Å². The minimum atomic E-state index is -1.55. The first-order chi connectivity index (χ1) is 7.04. The second kappa shape index (κ2) is 4.59. The predicted molar refractivity (Wildman–Crippen MR) is 52.2 cm³/mol. The highest BCUT2D eigenvalue weighted by Crippen LogP contribution is 2.23. The Kier molecular flexibility index (Phi) is 4.17. The van der Waals surface area contributed by atoms with Crippen LogP contribution in [-0.2, 0) is 9.59 Å². The van der Waals surface area contributed by atoms with Gasteiger partial charge in [-0.3, -0.25) is 0 Å². The Morgan fingerprint density at radius 1 is 1.00 bits per heavy atom. The van der Waals surface area contributed by atoms with Crippen molar-refractivity contribution in [2.45, 2.75) is 45.7 Å². The number of hydrogen-bond donors (Lipinski definition) is 0. The molecule has 0 aliphatic heterocycles. The Balaban J connectivity index is 5.13. The molecule has 0 aromatic carbocycles. The molecule has 0 saturated heterocycles. The highest BCUT2D eigenvalue weighted by Gasteiger charge is 2.31. The monoisotopic (exact) mass is 228 g/mol. The van der Waals surface area contributed by atoms with Gasteiger partial charge in [-0.25, -0.2) is 0 Å². The topological polar surface area (TPSA) is 105 Å². The van der Waals surface area contributed by atoms with E-state index >= 15 is 0 Å². The van der Waals surface area contributed by atoms with E-state index in [1.807, 2.05) is 0 Å². The second-order valence-corrected chi connectivity index (χ2v) is 4.64. The molecule has 0 heterocycles. The number of carboxylic acids is 2. The molecule has 1 atom stereocenters. The van der Waals surface area contributed by atoms with Crippen LogP contribution in [0.5, 0.6) is 0 Å². The third-order valence-electron chi connectivity index (χ3n) is 2.54. The van der Waals surface area contributed by atoms with Gasteiger partial charge < -0.3 is 19.8 Å². The van der Waals surface area contributed by atoms with Gasteiger partial charge in [0.25, 0.3) is 0 Å². The van der Waals surface area contributed by atoms with Crippen molar-refractivity contribution in [3.05, 3.63) is 0 Å². The van der Waals surface area contributed by atoms with E-state index in [4.69, 9.17) is 0 Å². The van der Waals surface area contributed by atoms with Crippen LogP contribution in [0.2, 0.25) is 0 Å². The van der Waals surface area contributed by atoms with Crippen molar-refractivity contribution >= 4 is 11.9 Å². The van der Waals surface area contributed by atoms with E-state index in [9.17, 15) is 19.8 Å². The first-order valence-corrected chi connectivity index (χ1v) is 4.91. The number of azo groups is 1. The lowest BCUT2D eigenvalue weighted by Gasteiger charge is -2.30. The smallest absolute Gasteiger partial charge is 0.120 e. The predicted octanol–water partition coefficient (Wildman–Crippen LogP) is -0.868. The highest BCUT2D eigenvalue weighted by molar-refractivity contribution is 5.77. The van der Waals surface area contributed by atoms with E-state index < -0.39 is 23.0 Å². The largest absolute Gasteiger partial charge is 0.547 e. The standard InChI is InChI=1S/C10H18N2O4/c1-6(2)10(5,8(15)16)12-11-9(3,4)7(13)14/h6H,1-5H3,(H,13,14)(H,15,16)/p-2. The van der Waals surface area contributed by atoms with Crippen molar-refractivity contribution in [3.8, 4) is 0 Å². The molecule has 0 radical (unpaired) electrons. The summed E-state index contributed by atoms with van der Waals surface area (Å²) < 4.78 is 0. The maximum atomic E-state index is 10.9. The fraction of sp³-hybridized carbons (Fsp3) is 0.800. The van der Waals surface area contributed by atoms with Crippen molar-refractivity contribution in [3.63, 3.8) is 0 Å². The number of aliphatic carboxylic acids is 2. The van der Waals surface area contributed by atoms with Crippen molar-refractivity contribution in [2.75, 3.05) is 0 Å². The van der Waals surface area contributed by atoms with Gasteiger partial charge in [-0.05, 0) is 26.7 Å². The van der Waals surface area contributed by atoms with Crippen LogP contribution in [0.1, 0.15) is 34.6 Å². The third kappa shape index (κ3) is 3.01. The fourth-order valence-corrected chi connectivity index (χ4v) is 0.662. The normalized spacial score (nSPS) is 16.4. The van der Waals surface area contributed by atoms with Crippen LogP contribution in [0.25, 0.3) is 0 Å². The molecular formula is C10H16N2O4-2. The Morgan fingerprint density at radius 2 is 1.44 bits per heavy atom. The summed E-state index contributed by atoms with van der Waals surface area (Å²) in [7, 11) is 0. The zero-order valence-corrected chi connectivity index (χ0v) is 10.1. The summed E-state index contributed by atoms with van der Waals surface area (Å²) in [6, 6.07) is 0. The maximum Gasteiger partial charge on any atom is 0.120 e. The lowest BCUT2D eigenvalue weighted by Crippen LogP contribution is -2.49. The van der Waals surface area contributed by atoms with Gasteiger partial charge in [-0.15, -0.1) is 0 Å². The number of rotatable bonds is 5. The molecule has 0 fully saturated rings. The van der Waals surface area contributed by atoms with Crippen LogP contribution in [0.15, 0.2) is 10.2 Å². The van der Waals surface area contributed by atoms with Crippen LogP contribution in [-0.4, -0.2) is 23.0 Å². The molecule has 0 aromatic rings. The summed E-state index contributed by atoms with van der Waals surface area (Å²) in [6.07, 6.45) is 0. The number of carbonyl (C=O) groups excluding carboxylic acids is 2. The highest BCUT2D eigenvalue weighted by atomic mass is 16.4. The summed E-state index contributed by atoms with van der Waals surface area (Å²) in [4.78, 5) is 21.6. The molecule has 0 bridgehead atoms. The van der Waals surface area contributed by atoms with Crippen molar-refractivity contribution in [2.24, 2.45) is 16.1 Å². The average Bonchev–Trinajstić information content (AvgIpc) is 2.13. The van der Waals surface area contributed by atoms with E-state index in [0.29, 0.717) is 0 Å². The summed E-state index contributed by atoms with van der Waals surface area (Å²) in [5.41, 5.74) is -3.08. The molecule has 0 spiro atoms. The summed E-state index contributed by atoms with van der Waals surface area (Å²) in [5.74, 6) is -3.17. The van der Waals surface area contributed by atoms with Gasteiger partial charge in [0.05, 0.1) is 11.9 Å². The van der Waals surface area contributed by atoms with Gasteiger partial charge in [0, 0.05) is 0 Å². The fourth-order valence-electron chi connectivity index (χ4n) is 0.662. The molecule has 6 heteroatoms. The Labute approximate surface area is 94.4 Å². The van der Waals surface area contributed by atoms with Crippen LogP contribution >= 0.6 is 0 Å². The molecule has 1 unspecified atom stereocenters. The summed E-state index contributed by atoms with van der Waals surface area (Å²) >= 11 is 0. The minimum Gasteiger partial charge on any atom is -0.547 e. The van der Waals surface area contributed by atoms with Crippen LogP contribution in [0.3, 0.4) is 0 Å². The first-order valence-electron chi connectivity index (χ1n) is 4.91. The van der Waals surface area contributed by atoms with Gasteiger partial charge >= 0.3 is 0 Å². The summed E-state index contributed by atoms with van der Waals surface area (Å²) in [5, 5.41) is 28.7. The number of hydrogen-bond acceptors (Lipinski definition) is 6. The molecule has 0 aliphatic rings. The molecule has 0 N–H and O–H groups in total. The van der Waals surface area contributed by atoms with E-state index in [2.05, 4.69) is 10.2 Å². The van der Waals surface area contributed by atoms with Gasteiger partial charge in [0.1, 0.15) is 11.1 Å². The van der Waals surface area contributed by atoms with E-state index in [1.54, 1.807) is 13.8 Å². The van der Waals surface area contributed by atoms with Gasteiger partial charge in [-0.1, -0.05) is 13.8 Å². The molecular weight excluding hydrogens is 212 g/mol. The lowest BCUT2D eigenvalue weighted by atomic mass is 9.90. The first kappa shape index (κ1) is 14.5. The Bertz CT molecular complexity index is 323. The molecule has 16 heavy (non-hydrogen) atoms. The maximum absolute atomic E-state index is 10.9. The molecule has 0 aliphatic carbocycles. The summed E-state index contributed by atoms with van der Waals surface area (Å²) in [6.45, 7) is 7.17. The van der Waals surface area contributed by atoms with Crippen molar-refractivity contribution in [1.29, 1.82) is 0 Å². The van der Waals surface area contributed by atoms with E-state index in [0.717, 1.165) is 0 Å². The second-order valence-electron chi connectivity index (χ2n) is 4.64. The Morgan fingerprint density at radius 3 is 1.69 bits per heavy atom. The van der Waals surface area contributed by atoms with Gasteiger partial charge in [0.2, 0.25) is 0 Å². The zero-order chi connectivity index (χ0) is 13.1. The molecule has 0 saturated carbocycles. The SMILES string of the molecule is CC(C)C(C)(N=NC(C)(C)C(=O)[O-])C(=O)[O-]. The third-order valence-corrected chi connectivity index (χ3v) is 2.54. The van der Waals surface area contributed by atoms with Gasteiger partial charge in [0.15, 0.2) is 0 Å². The minimum absolute atomic E-state index is 0.362. The zero-order valence-electron chi connectivity index (χ0n) is 10.1. The number of carbonyl (C=O) groups is 2.